The molecule has 0 spiro atoms. The number of nitrogens with two attached hydrogens (primary N) is 1. The summed E-state index contributed by atoms with van der Waals surface area (Å²) in [7, 11) is 0. The van der Waals surface area contributed by atoms with Gasteiger partial charge < -0.3 is 9.95 Å². The van der Waals surface area contributed by atoms with Gasteiger partial charge in [0.1, 0.15) is 0 Å². The van der Waals surface area contributed by atoms with E-state index in [2.05, 4.69) is 20.9 Å². The third kappa shape index (κ3) is 2.40. The van der Waals surface area contributed by atoms with Crippen LogP contribution in [0.15, 0.2) is 29.0 Å². The minimum absolute atomic E-state index is 0.285. The van der Waals surface area contributed by atoms with E-state index in [4.69, 9.17) is 10.4 Å². The van der Waals surface area contributed by atoms with Gasteiger partial charge in [0.05, 0.1) is 23.1 Å². The van der Waals surface area contributed by atoms with Crippen molar-refractivity contribution in [2.24, 2.45) is 5.84 Å². The van der Waals surface area contributed by atoms with E-state index in [0.29, 0.717) is 16.9 Å². The first-order chi connectivity index (χ1) is 8.20. The molecule has 7 nitrogen and oxygen atoms in total. The molecule has 1 amide bonds. The number of pyridine rings is 1. The largest absolute Gasteiger partial charge is 0.338 e. The number of anilines is 2. The lowest BCUT2D eigenvalue weighted by molar-refractivity contribution is 0.102. The van der Waals surface area contributed by atoms with Crippen LogP contribution in [-0.2, 0) is 0 Å². The van der Waals surface area contributed by atoms with Crippen LogP contribution in [0.3, 0.4) is 0 Å². The minimum Gasteiger partial charge on any atom is -0.338 e. The van der Waals surface area contributed by atoms with Gasteiger partial charge in [-0.15, -0.1) is 0 Å². The number of nitrogens with one attached hydrogen (secondary N) is 2. The number of carbonyl (C=O) groups excluding carboxylic acids is 1. The average Bonchev–Trinajstić information content (AvgIpc) is 2.74. The zero-order valence-electron chi connectivity index (χ0n) is 9.10. The standard InChI is InChI=1S/C10H11N5O2/c1-6-4-9(17-15-6)13-10(16)7-2-3-12-5-8(7)14-11/h2-5,14H,11H2,1H3,(H,13,16). The van der Waals surface area contributed by atoms with Crippen molar-refractivity contribution in [2.45, 2.75) is 6.92 Å². The molecule has 0 unspecified atom stereocenters. The number of aryl methyl sites for hydroxylation is 1. The second-order valence-electron chi connectivity index (χ2n) is 3.35. The maximum absolute atomic E-state index is 11.9. The Hall–Kier alpha value is -2.41. The molecule has 7 heteroatoms. The summed E-state index contributed by atoms with van der Waals surface area (Å²) in [6.45, 7) is 1.76. The number of nitrogen functional groups attached to an aromatic ring is 1. The molecule has 0 aliphatic heterocycles. The molecule has 17 heavy (non-hydrogen) atoms. The van der Waals surface area contributed by atoms with Gasteiger partial charge in [-0.3, -0.25) is 20.9 Å². The zero-order valence-corrected chi connectivity index (χ0v) is 9.10. The summed E-state index contributed by atoms with van der Waals surface area (Å²) in [6, 6.07) is 3.17. The monoisotopic (exact) mass is 233 g/mol. The third-order valence-electron chi connectivity index (χ3n) is 2.09. The molecule has 0 saturated carbocycles. The first kappa shape index (κ1) is 11.1. The molecule has 0 saturated heterocycles. The van der Waals surface area contributed by atoms with Crippen LogP contribution in [0.25, 0.3) is 0 Å². The summed E-state index contributed by atoms with van der Waals surface area (Å²) in [5.74, 6) is 5.21. The summed E-state index contributed by atoms with van der Waals surface area (Å²) in [6.07, 6.45) is 2.96. The van der Waals surface area contributed by atoms with Gasteiger partial charge >= 0.3 is 0 Å². The number of carbonyl (C=O) groups is 1. The Morgan fingerprint density at radius 3 is 3.00 bits per heavy atom. The lowest BCUT2D eigenvalue weighted by atomic mass is 10.2. The number of hydrogen-bond donors (Lipinski definition) is 3. The molecular weight excluding hydrogens is 222 g/mol. The van der Waals surface area contributed by atoms with Gasteiger partial charge in [-0.05, 0) is 13.0 Å². The van der Waals surface area contributed by atoms with Gasteiger partial charge in [0, 0.05) is 12.3 Å². The quantitative estimate of drug-likeness (QED) is 0.537. The molecule has 2 aromatic rings. The predicted molar refractivity (Wildman–Crippen MR) is 61.2 cm³/mol. The van der Waals surface area contributed by atoms with E-state index in [1.807, 2.05) is 0 Å². The number of rotatable bonds is 3. The Morgan fingerprint density at radius 1 is 1.53 bits per heavy atom. The predicted octanol–water partition coefficient (Wildman–Crippen LogP) is 0.916. The molecule has 0 fully saturated rings. The Morgan fingerprint density at radius 2 is 2.35 bits per heavy atom. The Labute approximate surface area is 97.0 Å². The molecular formula is C10H11N5O2. The van der Waals surface area contributed by atoms with Crippen molar-refractivity contribution in [3.63, 3.8) is 0 Å². The summed E-state index contributed by atoms with van der Waals surface area (Å²) < 4.78 is 4.88. The molecule has 4 N–H and O–H groups in total. The zero-order chi connectivity index (χ0) is 12.3. The molecule has 0 aliphatic carbocycles. The van der Waals surface area contributed by atoms with Crippen molar-refractivity contribution in [1.82, 2.24) is 10.1 Å². The van der Waals surface area contributed by atoms with Crippen molar-refractivity contribution in [3.8, 4) is 0 Å². The van der Waals surface area contributed by atoms with Crippen LogP contribution < -0.4 is 16.6 Å². The highest BCUT2D eigenvalue weighted by molar-refractivity contribution is 6.07. The number of aromatic nitrogens is 2. The molecule has 0 aromatic carbocycles. The molecule has 88 valence electrons. The number of hydrogen-bond acceptors (Lipinski definition) is 6. The summed E-state index contributed by atoms with van der Waals surface area (Å²) >= 11 is 0. The van der Waals surface area contributed by atoms with Crippen LogP contribution in [-0.4, -0.2) is 16.0 Å². The smallest absolute Gasteiger partial charge is 0.260 e. The fourth-order valence-electron chi connectivity index (χ4n) is 1.31. The van der Waals surface area contributed by atoms with Crippen molar-refractivity contribution in [3.05, 3.63) is 35.8 Å². The fourth-order valence-corrected chi connectivity index (χ4v) is 1.31. The van der Waals surface area contributed by atoms with Gasteiger partial charge in [0.25, 0.3) is 5.91 Å². The Balaban J connectivity index is 2.20. The highest BCUT2D eigenvalue weighted by Gasteiger charge is 2.12. The van der Waals surface area contributed by atoms with E-state index in [0.717, 1.165) is 0 Å². The lowest BCUT2D eigenvalue weighted by Gasteiger charge is -2.06. The van der Waals surface area contributed by atoms with Crippen LogP contribution in [0.5, 0.6) is 0 Å². The summed E-state index contributed by atoms with van der Waals surface area (Å²) in [5, 5.41) is 6.23. The van der Waals surface area contributed by atoms with Gasteiger partial charge in [0.2, 0.25) is 5.88 Å². The highest BCUT2D eigenvalue weighted by Crippen LogP contribution is 2.15. The van der Waals surface area contributed by atoms with Gasteiger partial charge in [-0.25, -0.2) is 0 Å². The van der Waals surface area contributed by atoms with Crippen LogP contribution in [0.1, 0.15) is 16.1 Å². The van der Waals surface area contributed by atoms with Gasteiger partial charge in [-0.1, -0.05) is 5.16 Å². The second-order valence-corrected chi connectivity index (χ2v) is 3.35. The molecule has 0 atom stereocenters. The van der Waals surface area contributed by atoms with Crippen LogP contribution in [0.4, 0.5) is 11.6 Å². The minimum atomic E-state index is -0.350. The Bertz CT molecular complexity index is 537. The average molecular weight is 233 g/mol. The third-order valence-corrected chi connectivity index (χ3v) is 2.09. The van der Waals surface area contributed by atoms with Crippen molar-refractivity contribution in [1.29, 1.82) is 0 Å². The van der Waals surface area contributed by atoms with Gasteiger partial charge in [0.15, 0.2) is 0 Å². The number of amides is 1. The fraction of sp³-hybridized carbons (Fsp3) is 0.100. The molecule has 0 bridgehead atoms. The van der Waals surface area contributed by atoms with Crippen molar-refractivity contribution in [2.75, 3.05) is 10.7 Å². The number of hydrazine groups is 1. The summed E-state index contributed by atoms with van der Waals surface area (Å²) in [5.41, 5.74) is 3.89. The summed E-state index contributed by atoms with van der Waals surface area (Å²) in [4.78, 5) is 15.7. The first-order valence-electron chi connectivity index (χ1n) is 4.86. The van der Waals surface area contributed by atoms with Crippen LogP contribution in [0.2, 0.25) is 0 Å². The SMILES string of the molecule is Cc1cc(NC(=O)c2ccncc2NN)on1. The van der Waals surface area contributed by atoms with Gasteiger partial charge in [-0.2, -0.15) is 0 Å². The van der Waals surface area contributed by atoms with E-state index < -0.39 is 0 Å². The molecule has 0 aliphatic rings. The van der Waals surface area contributed by atoms with E-state index in [1.54, 1.807) is 19.1 Å². The maximum Gasteiger partial charge on any atom is 0.260 e. The van der Waals surface area contributed by atoms with Crippen LogP contribution in [0, 0.1) is 6.92 Å². The van der Waals surface area contributed by atoms with E-state index >= 15 is 0 Å². The second kappa shape index (κ2) is 4.62. The van der Waals surface area contributed by atoms with Crippen LogP contribution >= 0.6 is 0 Å². The molecule has 0 radical (unpaired) electrons. The van der Waals surface area contributed by atoms with E-state index in [1.165, 1.54) is 12.4 Å². The maximum atomic E-state index is 11.9. The topological polar surface area (TPSA) is 106 Å². The van der Waals surface area contributed by atoms with Crippen molar-refractivity contribution >= 4 is 17.5 Å². The molecule has 2 aromatic heterocycles. The van der Waals surface area contributed by atoms with E-state index in [9.17, 15) is 4.79 Å². The molecule has 2 rings (SSSR count). The Kier molecular flexibility index (Phi) is 3.01. The van der Waals surface area contributed by atoms with Crippen molar-refractivity contribution < 1.29 is 9.32 Å². The lowest BCUT2D eigenvalue weighted by Crippen LogP contribution is -2.17. The number of nitrogens with zero attached hydrogens (tertiary/aromatic N) is 2. The normalized spacial score (nSPS) is 10.0. The highest BCUT2D eigenvalue weighted by atomic mass is 16.5. The first-order valence-corrected chi connectivity index (χ1v) is 4.86. The molecule has 2 heterocycles. The van der Waals surface area contributed by atoms with E-state index in [-0.39, 0.29) is 11.8 Å².